The first-order chi connectivity index (χ1) is 7.61. The van der Waals surface area contributed by atoms with Gasteiger partial charge in [-0.3, -0.25) is 0 Å². The number of hydrogen-bond donors (Lipinski definition) is 2. The van der Waals surface area contributed by atoms with E-state index in [9.17, 15) is 0 Å². The predicted octanol–water partition coefficient (Wildman–Crippen LogP) is -0.370. The fourth-order valence-corrected chi connectivity index (χ4v) is 1.20. The second-order valence-electron chi connectivity index (χ2n) is 3.35. The Morgan fingerprint density at radius 1 is 1.19 bits per heavy atom. The molecule has 1 atom stereocenters. The summed E-state index contributed by atoms with van der Waals surface area (Å²) in [7, 11) is 1.63. The van der Waals surface area contributed by atoms with Crippen molar-refractivity contribution in [1.29, 1.82) is 0 Å². The van der Waals surface area contributed by atoms with Gasteiger partial charge in [0.1, 0.15) is 5.82 Å². The van der Waals surface area contributed by atoms with E-state index >= 15 is 0 Å². The van der Waals surface area contributed by atoms with Crippen LogP contribution in [0.15, 0.2) is 0 Å². The van der Waals surface area contributed by atoms with Gasteiger partial charge in [-0.15, -0.1) is 0 Å². The summed E-state index contributed by atoms with van der Waals surface area (Å²) in [6.45, 7) is 2.98. The van der Waals surface area contributed by atoms with Crippen molar-refractivity contribution >= 4 is 11.9 Å². The molecular formula is C9H17N5O2. The highest BCUT2D eigenvalue weighted by Crippen LogP contribution is 2.00. The smallest absolute Gasteiger partial charge is 0.225 e. The van der Waals surface area contributed by atoms with Gasteiger partial charge in [-0.05, 0) is 6.92 Å². The van der Waals surface area contributed by atoms with Crippen LogP contribution in [0.1, 0.15) is 12.7 Å². The van der Waals surface area contributed by atoms with Crippen molar-refractivity contribution in [1.82, 2.24) is 15.0 Å². The molecule has 0 amide bonds. The lowest BCUT2D eigenvalue weighted by atomic mass is 10.4. The average Bonchev–Trinajstić information content (AvgIpc) is 2.16. The van der Waals surface area contributed by atoms with Gasteiger partial charge in [0.05, 0.1) is 19.3 Å². The highest BCUT2D eigenvalue weighted by atomic mass is 16.5. The van der Waals surface area contributed by atoms with Gasteiger partial charge in [0.2, 0.25) is 11.9 Å². The SMILES string of the molecule is COCC(C)OCCc1nc(N)nc(N)n1. The molecule has 0 fully saturated rings. The van der Waals surface area contributed by atoms with E-state index in [0.717, 1.165) is 0 Å². The van der Waals surface area contributed by atoms with Crippen LogP contribution in [0.25, 0.3) is 0 Å². The van der Waals surface area contributed by atoms with Crippen LogP contribution in [0.3, 0.4) is 0 Å². The molecule has 7 nitrogen and oxygen atoms in total. The Morgan fingerprint density at radius 3 is 2.38 bits per heavy atom. The average molecular weight is 227 g/mol. The van der Waals surface area contributed by atoms with Crippen LogP contribution in [0.2, 0.25) is 0 Å². The Balaban J connectivity index is 2.37. The van der Waals surface area contributed by atoms with Crippen LogP contribution in [0.5, 0.6) is 0 Å². The van der Waals surface area contributed by atoms with Crippen molar-refractivity contribution in [3.05, 3.63) is 5.82 Å². The van der Waals surface area contributed by atoms with Crippen molar-refractivity contribution in [3.8, 4) is 0 Å². The molecule has 0 spiro atoms. The number of anilines is 2. The van der Waals surface area contributed by atoms with E-state index in [4.69, 9.17) is 20.9 Å². The molecule has 4 N–H and O–H groups in total. The normalized spacial score (nSPS) is 12.6. The molecule has 0 aromatic carbocycles. The lowest BCUT2D eigenvalue weighted by molar-refractivity contribution is 0.0102. The molecular weight excluding hydrogens is 210 g/mol. The van der Waals surface area contributed by atoms with E-state index in [1.54, 1.807) is 7.11 Å². The third kappa shape index (κ3) is 4.37. The van der Waals surface area contributed by atoms with Gasteiger partial charge in [0, 0.05) is 13.5 Å². The Hall–Kier alpha value is -1.47. The largest absolute Gasteiger partial charge is 0.382 e. The molecule has 1 rings (SSSR count). The first-order valence-electron chi connectivity index (χ1n) is 4.98. The third-order valence-electron chi connectivity index (χ3n) is 1.85. The van der Waals surface area contributed by atoms with Crippen LogP contribution in [0, 0.1) is 0 Å². The van der Waals surface area contributed by atoms with Gasteiger partial charge in [-0.1, -0.05) is 0 Å². The van der Waals surface area contributed by atoms with Gasteiger partial charge in [-0.2, -0.15) is 15.0 Å². The molecule has 0 saturated heterocycles. The second kappa shape index (κ2) is 6.19. The number of ether oxygens (including phenoxy) is 2. The molecule has 16 heavy (non-hydrogen) atoms. The van der Waals surface area contributed by atoms with Gasteiger partial charge < -0.3 is 20.9 Å². The molecule has 0 aliphatic heterocycles. The molecule has 1 unspecified atom stereocenters. The summed E-state index contributed by atoms with van der Waals surface area (Å²) in [5.74, 6) is 0.800. The summed E-state index contributed by atoms with van der Waals surface area (Å²) in [5.41, 5.74) is 10.9. The minimum absolute atomic E-state index is 0.0431. The summed E-state index contributed by atoms with van der Waals surface area (Å²) in [6, 6.07) is 0. The van der Waals surface area contributed by atoms with Crippen LogP contribution >= 0.6 is 0 Å². The molecule has 7 heteroatoms. The number of hydrogen-bond acceptors (Lipinski definition) is 7. The van der Waals surface area contributed by atoms with Crippen molar-refractivity contribution in [3.63, 3.8) is 0 Å². The quantitative estimate of drug-likeness (QED) is 0.682. The maximum Gasteiger partial charge on any atom is 0.225 e. The third-order valence-corrected chi connectivity index (χ3v) is 1.85. The monoisotopic (exact) mass is 227 g/mol. The summed E-state index contributed by atoms with van der Waals surface area (Å²) < 4.78 is 10.4. The predicted molar refractivity (Wildman–Crippen MR) is 59.6 cm³/mol. The standard InChI is InChI=1S/C9H17N5O2/c1-6(5-15-2)16-4-3-7-12-8(10)14-9(11)13-7/h6H,3-5H2,1-2H3,(H4,10,11,12,13,14). The highest BCUT2D eigenvalue weighted by molar-refractivity contribution is 5.25. The number of nitrogens with two attached hydrogens (primary N) is 2. The number of rotatable bonds is 6. The molecule has 0 aliphatic carbocycles. The first kappa shape index (κ1) is 12.6. The van der Waals surface area contributed by atoms with E-state index in [-0.39, 0.29) is 18.0 Å². The Labute approximate surface area is 94.2 Å². The van der Waals surface area contributed by atoms with E-state index < -0.39 is 0 Å². The zero-order valence-corrected chi connectivity index (χ0v) is 9.51. The Kier molecular flexibility index (Phi) is 4.87. The minimum Gasteiger partial charge on any atom is -0.382 e. The molecule has 1 aromatic rings. The van der Waals surface area contributed by atoms with Gasteiger partial charge >= 0.3 is 0 Å². The maximum atomic E-state index is 5.46. The Morgan fingerprint density at radius 2 is 1.81 bits per heavy atom. The van der Waals surface area contributed by atoms with E-state index in [2.05, 4.69) is 15.0 Å². The number of nitrogen functional groups attached to an aromatic ring is 2. The van der Waals surface area contributed by atoms with E-state index in [1.807, 2.05) is 6.92 Å². The second-order valence-corrected chi connectivity index (χ2v) is 3.35. The molecule has 90 valence electrons. The van der Waals surface area contributed by atoms with Gasteiger partial charge in [-0.25, -0.2) is 0 Å². The molecule has 0 saturated carbocycles. The van der Waals surface area contributed by atoms with Crippen LogP contribution < -0.4 is 11.5 Å². The zero-order valence-electron chi connectivity index (χ0n) is 9.51. The fourth-order valence-electron chi connectivity index (χ4n) is 1.20. The van der Waals surface area contributed by atoms with E-state index in [0.29, 0.717) is 25.5 Å². The topological polar surface area (TPSA) is 109 Å². The summed E-state index contributed by atoms with van der Waals surface area (Å²) >= 11 is 0. The summed E-state index contributed by atoms with van der Waals surface area (Å²) in [6.07, 6.45) is 0.590. The van der Waals surface area contributed by atoms with Crippen molar-refractivity contribution < 1.29 is 9.47 Å². The van der Waals surface area contributed by atoms with Crippen LogP contribution in [-0.4, -0.2) is 41.4 Å². The fraction of sp³-hybridized carbons (Fsp3) is 0.667. The number of aromatic nitrogens is 3. The number of methoxy groups -OCH3 is 1. The van der Waals surface area contributed by atoms with Crippen molar-refractivity contribution in [2.75, 3.05) is 31.8 Å². The highest BCUT2D eigenvalue weighted by Gasteiger charge is 2.04. The van der Waals surface area contributed by atoms with Crippen molar-refractivity contribution in [2.45, 2.75) is 19.4 Å². The first-order valence-corrected chi connectivity index (χ1v) is 4.98. The van der Waals surface area contributed by atoms with Gasteiger partial charge in [0.15, 0.2) is 0 Å². The van der Waals surface area contributed by atoms with Crippen LogP contribution in [-0.2, 0) is 15.9 Å². The lowest BCUT2D eigenvalue weighted by Crippen LogP contribution is -2.17. The molecule has 1 aromatic heterocycles. The Bertz CT molecular complexity index is 313. The minimum atomic E-state index is 0.0431. The maximum absolute atomic E-state index is 5.46. The van der Waals surface area contributed by atoms with Gasteiger partial charge in [0.25, 0.3) is 0 Å². The summed E-state index contributed by atoms with van der Waals surface area (Å²) in [4.78, 5) is 11.6. The van der Waals surface area contributed by atoms with Crippen LogP contribution in [0.4, 0.5) is 11.9 Å². The lowest BCUT2D eigenvalue weighted by Gasteiger charge is -2.11. The van der Waals surface area contributed by atoms with E-state index in [1.165, 1.54) is 0 Å². The zero-order chi connectivity index (χ0) is 12.0. The molecule has 0 aliphatic rings. The molecule has 0 bridgehead atoms. The van der Waals surface area contributed by atoms with Crippen molar-refractivity contribution in [2.24, 2.45) is 0 Å². The molecule has 0 radical (unpaired) electrons. The summed E-state index contributed by atoms with van der Waals surface area (Å²) in [5, 5.41) is 0. The number of nitrogens with zero attached hydrogens (tertiary/aromatic N) is 3. The molecule has 1 heterocycles.